The molecule has 180 valence electrons. The van der Waals surface area contributed by atoms with E-state index in [4.69, 9.17) is 27.4 Å². The summed E-state index contributed by atoms with van der Waals surface area (Å²) in [5.41, 5.74) is -1.48. The molecule has 6 nitrogen and oxygen atoms in total. The van der Waals surface area contributed by atoms with E-state index in [9.17, 15) is 31.6 Å². The first-order valence-corrected chi connectivity index (χ1v) is 11.7. The van der Waals surface area contributed by atoms with Crippen molar-refractivity contribution < 1.29 is 30.6 Å². The number of hydrogen-bond donors (Lipinski definition) is 1. The minimum atomic E-state index is -4.61. The summed E-state index contributed by atoms with van der Waals surface area (Å²) in [6.07, 6.45) is -3.53. The average molecular weight is 541 g/mol. The van der Waals surface area contributed by atoms with Crippen molar-refractivity contribution >= 4 is 51.0 Å². The minimum Gasteiger partial charge on any atom is -0.376 e. The highest BCUT2D eigenvalue weighted by Crippen LogP contribution is 2.37. The fraction of sp³-hybridized carbons (Fsp3) is 0.0435. The minimum absolute atomic E-state index is 0.130. The van der Waals surface area contributed by atoms with Gasteiger partial charge in [0.2, 0.25) is 0 Å². The Kier molecular flexibility index (Phi) is 7.75. The Morgan fingerprint density at radius 2 is 1.63 bits per heavy atom. The van der Waals surface area contributed by atoms with Crippen LogP contribution in [0.2, 0.25) is 10.0 Å². The van der Waals surface area contributed by atoms with Crippen LogP contribution in [0.25, 0.3) is 6.08 Å². The second-order valence-electron chi connectivity index (χ2n) is 6.87. The van der Waals surface area contributed by atoms with Crippen molar-refractivity contribution in [2.75, 3.05) is 5.32 Å². The number of carbonyl (C=O) groups is 1. The number of alkyl halides is 3. The Balaban J connectivity index is 1.85. The van der Waals surface area contributed by atoms with Crippen LogP contribution in [0.1, 0.15) is 11.1 Å². The predicted octanol–water partition coefficient (Wildman–Crippen LogP) is 6.33. The molecule has 12 heteroatoms. The molecule has 0 aromatic heterocycles. The lowest BCUT2D eigenvalue weighted by atomic mass is 10.1. The first kappa shape index (κ1) is 26.1. The van der Waals surface area contributed by atoms with Crippen molar-refractivity contribution in [1.82, 2.24) is 0 Å². The number of anilines is 1. The summed E-state index contributed by atoms with van der Waals surface area (Å²) in [6, 6.07) is 15.2. The lowest BCUT2D eigenvalue weighted by Crippen LogP contribution is -2.14. The molecule has 0 aliphatic carbocycles. The van der Waals surface area contributed by atoms with E-state index in [2.05, 4.69) is 5.32 Å². The average Bonchev–Trinajstić information content (AvgIpc) is 2.80. The van der Waals surface area contributed by atoms with Crippen LogP contribution in [0.3, 0.4) is 0 Å². The zero-order valence-corrected chi connectivity index (χ0v) is 19.6. The van der Waals surface area contributed by atoms with Crippen molar-refractivity contribution in [3.63, 3.8) is 0 Å². The normalized spacial score (nSPS) is 12.1. The van der Waals surface area contributed by atoms with Gasteiger partial charge in [0.05, 0.1) is 15.6 Å². The quantitative estimate of drug-likeness (QED) is 0.224. The Hall–Kier alpha value is -3.52. The molecule has 3 rings (SSSR count). The molecule has 0 aliphatic rings. The summed E-state index contributed by atoms with van der Waals surface area (Å²) in [4.78, 5) is 12.3. The molecule has 0 unspecified atom stereocenters. The number of rotatable bonds is 6. The number of nitriles is 1. The number of benzene rings is 3. The lowest BCUT2D eigenvalue weighted by molar-refractivity contribution is -0.137. The fourth-order valence-electron chi connectivity index (χ4n) is 2.77. The molecule has 0 spiro atoms. The van der Waals surface area contributed by atoms with Gasteiger partial charge in [-0.1, -0.05) is 47.5 Å². The van der Waals surface area contributed by atoms with Crippen LogP contribution in [0.15, 0.2) is 77.2 Å². The van der Waals surface area contributed by atoms with E-state index in [1.807, 2.05) is 0 Å². The molecule has 0 fully saturated rings. The Morgan fingerprint density at radius 1 is 1.00 bits per heavy atom. The van der Waals surface area contributed by atoms with Gasteiger partial charge in [0.25, 0.3) is 5.91 Å². The van der Waals surface area contributed by atoms with Crippen molar-refractivity contribution in [2.24, 2.45) is 0 Å². The maximum atomic E-state index is 12.9. The van der Waals surface area contributed by atoms with E-state index in [0.717, 1.165) is 24.3 Å². The van der Waals surface area contributed by atoms with Gasteiger partial charge in [-0.05, 0) is 54.1 Å². The fourth-order valence-corrected chi connectivity index (χ4v) is 4.43. The number of nitrogens with one attached hydrogen (secondary N) is 1. The van der Waals surface area contributed by atoms with Gasteiger partial charge < -0.3 is 9.50 Å². The first-order valence-electron chi connectivity index (χ1n) is 9.49. The molecule has 1 N–H and O–H groups in total. The summed E-state index contributed by atoms with van der Waals surface area (Å²) in [5.74, 6) is -1.34. The van der Waals surface area contributed by atoms with Gasteiger partial charge in [-0.25, -0.2) is 0 Å². The van der Waals surface area contributed by atoms with Gasteiger partial charge in [-0.15, -0.1) is 0 Å². The third kappa shape index (κ3) is 6.54. The van der Waals surface area contributed by atoms with Crippen molar-refractivity contribution in [2.45, 2.75) is 11.1 Å². The molecular formula is C23H13Cl2F3N2O4S. The van der Waals surface area contributed by atoms with Gasteiger partial charge in [-0.3, -0.25) is 4.79 Å². The summed E-state index contributed by atoms with van der Waals surface area (Å²) in [6.45, 7) is 0. The van der Waals surface area contributed by atoms with Crippen LogP contribution in [0, 0.1) is 11.3 Å². The maximum absolute atomic E-state index is 12.9. The number of hydrogen-bond acceptors (Lipinski definition) is 5. The summed E-state index contributed by atoms with van der Waals surface area (Å²) in [7, 11) is -4.24. The lowest BCUT2D eigenvalue weighted by Gasteiger charge is -2.11. The predicted molar refractivity (Wildman–Crippen MR) is 124 cm³/mol. The van der Waals surface area contributed by atoms with Crippen molar-refractivity contribution in [3.8, 4) is 11.8 Å². The van der Waals surface area contributed by atoms with Gasteiger partial charge in [-0.2, -0.15) is 26.9 Å². The van der Waals surface area contributed by atoms with E-state index in [0.29, 0.717) is 0 Å². The topological polar surface area (TPSA) is 96.3 Å². The monoisotopic (exact) mass is 540 g/mol. The molecule has 0 bridgehead atoms. The van der Waals surface area contributed by atoms with E-state index < -0.39 is 33.3 Å². The van der Waals surface area contributed by atoms with Crippen LogP contribution in [0.5, 0.6) is 5.75 Å². The summed E-state index contributed by atoms with van der Waals surface area (Å²) >= 11 is 12.3. The molecule has 0 heterocycles. The number of nitrogens with zero attached hydrogens (tertiary/aromatic N) is 1. The zero-order valence-electron chi connectivity index (χ0n) is 17.3. The number of amides is 1. The van der Waals surface area contributed by atoms with Crippen LogP contribution in [0.4, 0.5) is 18.9 Å². The van der Waals surface area contributed by atoms with Crippen LogP contribution in [-0.2, 0) is 21.1 Å². The molecular weight excluding hydrogens is 528 g/mol. The third-order valence-electron chi connectivity index (χ3n) is 4.37. The van der Waals surface area contributed by atoms with E-state index in [1.54, 1.807) is 12.1 Å². The standard InChI is InChI=1S/C23H13Cl2F3N2O4S/c24-19-10-14(11-20(25)21(19)34-35(32,33)18-7-2-1-3-8-18)9-15(13-29)22(31)30-17-6-4-5-16(12-17)23(26,27)28/h1-12H,(H,30,31)/b15-9+. The molecule has 0 aliphatic heterocycles. The van der Waals surface area contributed by atoms with Crippen LogP contribution >= 0.6 is 23.2 Å². The van der Waals surface area contributed by atoms with Crippen molar-refractivity contribution in [1.29, 1.82) is 5.26 Å². The molecule has 0 atom stereocenters. The summed E-state index contributed by atoms with van der Waals surface area (Å²) < 4.78 is 68.6. The highest BCUT2D eigenvalue weighted by molar-refractivity contribution is 7.87. The molecule has 3 aromatic carbocycles. The largest absolute Gasteiger partial charge is 0.416 e. The maximum Gasteiger partial charge on any atom is 0.416 e. The molecule has 0 saturated heterocycles. The smallest absolute Gasteiger partial charge is 0.376 e. The molecule has 3 aromatic rings. The van der Waals surface area contributed by atoms with Gasteiger partial charge in [0.15, 0.2) is 5.75 Å². The highest BCUT2D eigenvalue weighted by Gasteiger charge is 2.30. The first-order chi connectivity index (χ1) is 16.4. The molecule has 1 amide bonds. The molecule has 0 saturated carbocycles. The highest BCUT2D eigenvalue weighted by atomic mass is 35.5. The van der Waals surface area contributed by atoms with Crippen LogP contribution < -0.4 is 9.50 Å². The Morgan fingerprint density at radius 3 is 2.20 bits per heavy atom. The van der Waals surface area contributed by atoms with Gasteiger partial charge in [0.1, 0.15) is 16.5 Å². The molecule has 35 heavy (non-hydrogen) atoms. The van der Waals surface area contributed by atoms with Crippen molar-refractivity contribution in [3.05, 3.63) is 93.5 Å². The van der Waals surface area contributed by atoms with Gasteiger partial charge >= 0.3 is 16.3 Å². The zero-order chi connectivity index (χ0) is 25.8. The second kappa shape index (κ2) is 10.4. The SMILES string of the molecule is N#C/C(=C\c1cc(Cl)c(OS(=O)(=O)c2ccccc2)c(Cl)c1)C(=O)Nc1cccc(C(F)(F)F)c1. The third-order valence-corrected chi connectivity index (χ3v) is 6.17. The van der Waals surface area contributed by atoms with Gasteiger partial charge in [0, 0.05) is 5.69 Å². The van der Waals surface area contributed by atoms with E-state index >= 15 is 0 Å². The summed E-state index contributed by atoms with van der Waals surface area (Å²) in [5, 5.41) is 11.1. The van der Waals surface area contributed by atoms with E-state index in [1.165, 1.54) is 42.5 Å². The Bertz CT molecular complexity index is 1430. The molecule has 0 radical (unpaired) electrons. The number of halogens is 5. The van der Waals surface area contributed by atoms with E-state index in [-0.39, 0.29) is 31.9 Å². The number of carbonyl (C=O) groups excluding carboxylic acids is 1. The second-order valence-corrected chi connectivity index (χ2v) is 9.23. The Labute approximate surface area is 208 Å². The van der Waals surface area contributed by atoms with Crippen LogP contribution in [-0.4, -0.2) is 14.3 Å².